The Hall–Kier alpha value is -4.15. The predicted octanol–water partition coefficient (Wildman–Crippen LogP) is 2.10. The Morgan fingerprint density at radius 1 is 1.10 bits per heavy atom. The number of benzene rings is 2. The fourth-order valence-corrected chi connectivity index (χ4v) is 6.09. The average molecular weight is 553 g/mol. The summed E-state index contributed by atoms with van der Waals surface area (Å²) in [5.74, 6) is -7.71. The third kappa shape index (κ3) is 3.98. The molecule has 3 aliphatic carbocycles. The number of carbonyl (C=O) groups is 4. The van der Waals surface area contributed by atoms with Crippen LogP contribution in [0.25, 0.3) is 11.1 Å². The van der Waals surface area contributed by atoms with Gasteiger partial charge in [-0.25, -0.2) is 0 Å². The Morgan fingerprint density at radius 3 is 2.44 bits per heavy atom. The fraction of sp³-hybridized carbons (Fsp3) is 0.286. The standard InChI is InChI=1S/C28H25ClN2O8/c29-10-19(33)31-11-14-8-16(12-4-2-1-3-5-12)17-7-13-6-15-9-18(32)22(27(30)38)26(37)28(15,39)25(36)20(13)24(35)21(17)23(14)34/h1-5,8,13,15,32,34,36,39H,6-7,9-11H2,(H2,30,38)(H,31,33)/t13-,15+,28+/m1/s1. The molecule has 2 amide bonds. The number of Topliss-reactive ketones (excluding diaryl/α,β-unsaturated/α-hetero) is 2. The summed E-state index contributed by atoms with van der Waals surface area (Å²) < 4.78 is 0. The van der Waals surface area contributed by atoms with E-state index in [1.165, 1.54) is 0 Å². The normalized spacial score (nSPS) is 24.2. The van der Waals surface area contributed by atoms with Gasteiger partial charge in [0.05, 0.1) is 5.56 Å². The summed E-state index contributed by atoms with van der Waals surface area (Å²) >= 11 is 5.57. The van der Waals surface area contributed by atoms with E-state index in [2.05, 4.69) is 5.32 Å². The maximum atomic E-state index is 14.0. The van der Waals surface area contributed by atoms with E-state index in [1.54, 1.807) is 6.07 Å². The Bertz CT molecular complexity index is 1510. The Labute approximate surface area is 227 Å². The highest BCUT2D eigenvalue weighted by Crippen LogP contribution is 2.52. The quantitative estimate of drug-likeness (QED) is 0.240. The molecule has 0 radical (unpaired) electrons. The van der Waals surface area contributed by atoms with E-state index in [9.17, 15) is 39.6 Å². The number of primary amides is 1. The highest BCUT2D eigenvalue weighted by molar-refractivity contribution is 6.27. The van der Waals surface area contributed by atoms with Crippen molar-refractivity contribution in [3.8, 4) is 16.9 Å². The molecule has 0 saturated heterocycles. The molecule has 11 heteroatoms. The number of ketones is 2. The van der Waals surface area contributed by atoms with Crippen LogP contribution in [0.4, 0.5) is 0 Å². The van der Waals surface area contributed by atoms with Gasteiger partial charge in [-0.15, -0.1) is 11.6 Å². The predicted molar refractivity (Wildman–Crippen MR) is 139 cm³/mol. The smallest absolute Gasteiger partial charge is 0.255 e. The van der Waals surface area contributed by atoms with Crippen LogP contribution in [0.15, 0.2) is 59.1 Å². The van der Waals surface area contributed by atoms with E-state index in [1.807, 2.05) is 30.3 Å². The van der Waals surface area contributed by atoms with Crippen molar-refractivity contribution in [2.45, 2.75) is 31.4 Å². The Morgan fingerprint density at radius 2 is 1.79 bits per heavy atom. The number of aliphatic hydroxyl groups is 3. The van der Waals surface area contributed by atoms with Crippen LogP contribution in [-0.2, 0) is 27.3 Å². The number of hydrogen-bond donors (Lipinski definition) is 6. The third-order valence-corrected chi connectivity index (χ3v) is 8.07. The van der Waals surface area contributed by atoms with Gasteiger partial charge in [-0.05, 0) is 41.5 Å². The van der Waals surface area contributed by atoms with Crippen molar-refractivity contribution in [2.75, 3.05) is 5.88 Å². The van der Waals surface area contributed by atoms with Crippen LogP contribution < -0.4 is 11.1 Å². The Kier molecular flexibility index (Phi) is 6.48. The number of aromatic hydroxyl groups is 1. The molecular weight excluding hydrogens is 528 g/mol. The minimum Gasteiger partial charge on any atom is -0.511 e. The number of amides is 2. The van der Waals surface area contributed by atoms with Crippen molar-refractivity contribution >= 4 is 35.0 Å². The first kappa shape index (κ1) is 26.5. The summed E-state index contributed by atoms with van der Waals surface area (Å²) in [5, 5.41) is 46.7. The van der Waals surface area contributed by atoms with Crippen LogP contribution in [0.1, 0.15) is 34.3 Å². The maximum Gasteiger partial charge on any atom is 0.255 e. The number of carbonyl (C=O) groups excluding carboxylic acids is 4. The first-order valence-corrected chi connectivity index (χ1v) is 12.8. The van der Waals surface area contributed by atoms with Gasteiger partial charge < -0.3 is 31.5 Å². The van der Waals surface area contributed by atoms with E-state index >= 15 is 0 Å². The number of aliphatic hydroxyl groups excluding tert-OH is 2. The van der Waals surface area contributed by atoms with Gasteiger partial charge >= 0.3 is 0 Å². The van der Waals surface area contributed by atoms with Gasteiger partial charge in [-0.1, -0.05) is 30.3 Å². The zero-order valence-electron chi connectivity index (χ0n) is 20.5. The van der Waals surface area contributed by atoms with Gasteiger partial charge in [0.1, 0.15) is 28.7 Å². The van der Waals surface area contributed by atoms with Crippen LogP contribution in [0.5, 0.6) is 5.75 Å². The van der Waals surface area contributed by atoms with Crippen molar-refractivity contribution in [1.82, 2.24) is 5.32 Å². The molecule has 0 spiro atoms. The Balaban J connectivity index is 1.70. The molecule has 5 rings (SSSR count). The number of nitrogens with two attached hydrogens (primary N) is 1. The first-order chi connectivity index (χ1) is 18.5. The van der Waals surface area contributed by atoms with Gasteiger partial charge in [-0.3, -0.25) is 19.2 Å². The van der Waals surface area contributed by atoms with Crippen molar-refractivity contribution in [3.63, 3.8) is 0 Å². The lowest BCUT2D eigenvalue weighted by molar-refractivity contribution is -0.144. The van der Waals surface area contributed by atoms with Crippen LogP contribution >= 0.6 is 11.6 Å². The van der Waals surface area contributed by atoms with Gasteiger partial charge in [0.15, 0.2) is 11.4 Å². The summed E-state index contributed by atoms with van der Waals surface area (Å²) in [4.78, 5) is 50.7. The highest BCUT2D eigenvalue weighted by atomic mass is 35.5. The first-order valence-electron chi connectivity index (χ1n) is 12.2. The average Bonchev–Trinajstić information content (AvgIpc) is 2.90. The molecule has 0 unspecified atom stereocenters. The number of halogens is 1. The van der Waals surface area contributed by atoms with Crippen molar-refractivity contribution < 1.29 is 39.6 Å². The molecule has 10 nitrogen and oxygen atoms in total. The molecule has 0 fully saturated rings. The van der Waals surface area contributed by atoms with Crippen molar-refractivity contribution in [1.29, 1.82) is 0 Å². The van der Waals surface area contributed by atoms with E-state index in [0.29, 0.717) is 11.1 Å². The molecule has 2 aromatic rings. The molecule has 0 heterocycles. The minimum atomic E-state index is -2.64. The van der Waals surface area contributed by atoms with Crippen molar-refractivity contribution in [2.24, 2.45) is 17.6 Å². The number of phenolic OH excluding ortho intramolecular Hbond substituents is 1. The van der Waals surface area contributed by atoms with Crippen LogP contribution in [0.2, 0.25) is 0 Å². The number of hydrogen-bond acceptors (Lipinski definition) is 8. The van der Waals surface area contributed by atoms with Gasteiger partial charge in [0.25, 0.3) is 5.91 Å². The summed E-state index contributed by atoms with van der Waals surface area (Å²) in [6.07, 6.45) is -0.0999. The minimum absolute atomic E-state index is 0.0332. The second-order valence-corrected chi connectivity index (χ2v) is 10.2. The molecular formula is C28H25ClN2O8. The number of nitrogens with one attached hydrogen (secondary N) is 1. The molecule has 0 aromatic heterocycles. The summed E-state index contributed by atoms with van der Waals surface area (Å²) in [7, 11) is 0. The molecule has 2 aromatic carbocycles. The number of alkyl halides is 1. The summed E-state index contributed by atoms with van der Waals surface area (Å²) in [6, 6.07) is 10.8. The van der Waals surface area contributed by atoms with E-state index < -0.39 is 63.7 Å². The van der Waals surface area contributed by atoms with Crippen molar-refractivity contribution in [3.05, 3.63) is 75.8 Å². The number of rotatable bonds is 5. The second kappa shape index (κ2) is 9.55. The number of allylic oxidation sites excluding steroid dienone is 2. The molecule has 0 bridgehead atoms. The van der Waals surface area contributed by atoms with E-state index in [-0.39, 0.29) is 48.4 Å². The highest BCUT2D eigenvalue weighted by Gasteiger charge is 2.59. The lowest BCUT2D eigenvalue weighted by Crippen LogP contribution is -2.57. The zero-order chi connectivity index (χ0) is 28.2. The lowest BCUT2D eigenvalue weighted by Gasteiger charge is -2.45. The van der Waals surface area contributed by atoms with Crippen LogP contribution in [0, 0.1) is 11.8 Å². The topological polar surface area (TPSA) is 187 Å². The molecule has 202 valence electrons. The maximum absolute atomic E-state index is 14.0. The molecule has 39 heavy (non-hydrogen) atoms. The molecule has 3 atom stereocenters. The third-order valence-electron chi connectivity index (χ3n) is 7.82. The molecule has 7 N–H and O–H groups in total. The van der Waals surface area contributed by atoms with Crippen LogP contribution in [-0.4, -0.2) is 55.3 Å². The summed E-state index contributed by atoms with van der Waals surface area (Å²) in [5.41, 5.74) is 3.50. The van der Waals surface area contributed by atoms with Gasteiger partial charge in [-0.2, -0.15) is 0 Å². The van der Waals surface area contributed by atoms with E-state index in [4.69, 9.17) is 17.3 Å². The lowest BCUT2D eigenvalue weighted by atomic mass is 9.60. The SMILES string of the molecule is NC(=O)C1=C(O)C[C@@H]2C[C@@H]3Cc4c(-c5ccccc5)cc(CNC(=O)CCl)c(O)c4C(=O)C3=C(O)[C@]2(O)C1=O. The zero-order valence-corrected chi connectivity index (χ0v) is 21.3. The van der Waals surface area contributed by atoms with Gasteiger partial charge in [0, 0.05) is 30.0 Å². The van der Waals surface area contributed by atoms with Crippen LogP contribution in [0.3, 0.4) is 0 Å². The molecule has 0 saturated carbocycles. The number of phenols is 1. The molecule has 0 aliphatic heterocycles. The summed E-state index contributed by atoms with van der Waals surface area (Å²) in [6.45, 7) is -0.136. The monoisotopic (exact) mass is 552 g/mol. The largest absolute Gasteiger partial charge is 0.511 e. The van der Waals surface area contributed by atoms with Gasteiger partial charge in [0.2, 0.25) is 11.7 Å². The number of fused-ring (bicyclic) bond motifs is 3. The fourth-order valence-electron chi connectivity index (χ4n) is 5.99. The van der Waals surface area contributed by atoms with E-state index in [0.717, 1.165) is 5.56 Å². The molecule has 3 aliphatic rings. The second-order valence-electron chi connectivity index (χ2n) is 9.97.